The highest BCUT2D eigenvalue weighted by Gasteiger charge is 2.17. The highest BCUT2D eigenvalue weighted by molar-refractivity contribution is 6.09. The number of benzene rings is 3. The van der Waals surface area contributed by atoms with Crippen molar-refractivity contribution in [3.8, 4) is 17.2 Å². The number of ketones is 1. The van der Waals surface area contributed by atoms with Crippen molar-refractivity contribution in [2.24, 2.45) is 7.05 Å². The largest absolute Gasteiger partial charge is 0.496 e. The summed E-state index contributed by atoms with van der Waals surface area (Å²) in [4.78, 5) is 25.1. The van der Waals surface area contributed by atoms with Crippen molar-refractivity contribution in [1.82, 2.24) is 19.8 Å². The second-order valence-corrected chi connectivity index (χ2v) is 7.22. The van der Waals surface area contributed by atoms with Crippen molar-refractivity contribution in [3.63, 3.8) is 0 Å². The molecule has 0 spiro atoms. The quantitative estimate of drug-likeness (QED) is 0.419. The molecule has 0 aliphatic carbocycles. The van der Waals surface area contributed by atoms with Crippen LogP contribution < -0.4 is 15.2 Å². The van der Waals surface area contributed by atoms with Crippen molar-refractivity contribution in [2.75, 3.05) is 7.11 Å². The van der Waals surface area contributed by atoms with Crippen molar-refractivity contribution in [3.05, 3.63) is 99.5 Å². The molecular formula is C24H22N4O4. The van der Waals surface area contributed by atoms with Gasteiger partial charge >= 0.3 is 5.69 Å². The minimum Gasteiger partial charge on any atom is -0.496 e. The molecule has 0 N–H and O–H groups in total. The van der Waals surface area contributed by atoms with Crippen LogP contribution in [0.25, 0.3) is 5.69 Å². The summed E-state index contributed by atoms with van der Waals surface area (Å²) in [6.07, 6.45) is 0. The lowest BCUT2D eigenvalue weighted by atomic mass is 10.0. The first-order valence-electron chi connectivity index (χ1n) is 9.98. The van der Waals surface area contributed by atoms with E-state index < -0.39 is 0 Å². The molecule has 4 aromatic rings. The van der Waals surface area contributed by atoms with E-state index in [1.807, 2.05) is 25.1 Å². The van der Waals surface area contributed by atoms with Gasteiger partial charge in [-0.2, -0.15) is 9.36 Å². The van der Waals surface area contributed by atoms with Gasteiger partial charge in [-0.25, -0.2) is 4.79 Å². The van der Waals surface area contributed by atoms with Crippen LogP contribution in [0.15, 0.2) is 71.5 Å². The zero-order chi connectivity index (χ0) is 22.7. The second kappa shape index (κ2) is 8.89. The molecule has 1 heterocycles. The van der Waals surface area contributed by atoms with Gasteiger partial charge in [-0.05, 0) is 53.2 Å². The van der Waals surface area contributed by atoms with Gasteiger partial charge in [0.2, 0.25) is 0 Å². The lowest BCUT2D eigenvalue weighted by molar-refractivity contribution is 0.103. The molecule has 0 aliphatic rings. The smallest absolute Gasteiger partial charge is 0.368 e. The number of carbonyl (C=O) groups excluding carboxylic acids is 1. The Kier molecular flexibility index (Phi) is 5.85. The Morgan fingerprint density at radius 1 is 0.938 bits per heavy atom. The molecule has 0 amide bonds. The summed E-state index contributed by atoms with van der Waals surface area (Å²) in [5.41, 5.74) is 2.84. The molecule has 0 saturated carbocycles. The molecule has 0 atom stereocenters. The number of nitrogens with zero attached hydrogens (tertiary/aromatic N) is 4. The Morgan fingerprint density at radius 3 is 2.38 bits per heavy atom. The van der Waals surface area contributed by atoms with Crippen LogP contribution in [0.2, 0.25) is 0 Å². The Bertz CT molecular complexity index is 1330. The van der Waals surface area contributed by atoms with Crippen LogP contribution in [0.3, 0.4) is 0 Å². The van der Waals surface area contributed by atoms with E-state index in [-0.39, 0.29) is 18.1 Å². The van der Waals surface area contributed by atoms with Crippen LogP contribution in [0.5, 0.6) is 11.5 Å². The van der Waals surface area contributed by atoms with Crippen LogP contribution in [-0.2, 0) is 13.7 Å². The number of ether oxygens (including phenoxy) is 2. The van der Waals surface area contributed by atoms with E-state index >= 15 is 0 Å². The summed E-state index contributed by atoms with van der Waals surface area (Å²) in [6, 6.07) is 19.8. The topological polar surface area (TPSA) is 88.2 Å². The molecule has 1 aromatic heterocycles. The minimum atomic E-state index is -0.375. The number of aryl methyl sites for hydroxylation is 2. The van der Waals surface area contributed by atoms with Crippen molar-refractivity contribution >= 4 is 5.78 Å². The number of aromatic nitrogens is 4. The Balaban J connectivity index is 1.61. The molecule has 0 bridgehead atoms. The van der Waals surface area contributed by atoms with E-state index in [0.29, 0.717) is 33.9 Å². The molecule has 3 aromatic carbocycles. The summed E-state index contributed by atoms with van der Waals surface area (Å²) in [5, 5.41) is 7.70. The highest BCUT2D eigenvalue weighted by atomic mass is 16.5. The van der Waals surface area contributed by atoms with Crippen LogP contribution in [0.1, 0.15) is 27.0 Å². The third-order valence-corrected chi connectivity index (χ3v) is 5.12. The predicted octanol–water partition coefficient (Wildman–Crippen LogP) is 3.09. The van der Waals surface area contributed by atoms with E-state index in [0.717, 1.165) is 10.2 Å². The normalized spacial score (nSPS) is 10.7. The van der Waals surface area contributed by atoms with Gasteiger partial charge in [0.05, 0.1) is 18.4 Å². The maximum Gasteiger partial charge on any atom is 0.368 e. The summed E-state index contributed by atoms with van der Waals surface area (Å²) >= 11 is 0. The number of hydrogen-bond acceptors (Lipinski definition) is 6. The molecular weight excluding hydrogens is 408 g/mol. The molecule has 0 fully saturated rings. The number of tetrazole rings is 1. The fourth-order valence-corrected chi connectivity index (χ4v) is 3.41. The predicted molar refractivity (Wildman–Crippen MR) is 119 cm³/mol. The van der Waals surface area contributed by atoms with Gasteiger partial charge in [0, 0.05) is 18.2 Å². The van der Waals surface area contributed by atoms with Crippen LogP contribution in [-0.4, -0.2) is 32.7 Å². The molecule has 4 rings (SSSR count). The van der Waals surface area contributed by atoms with Gasteiger partial charge < -0.3 is 9.47 Å². The molecule has 0 saturated heterocycles. The van der Waals surface area contributed by atoms with Gasteiger partial charge in [0.25, 0.3) is 0 Å². The average molecular weight is 430 g/mol. The summed E-state index contributed by atoms with van der Waals surface area (Å²) < 4.78 is 13.9. The maximum atomic E-state index is 12.7. The van der Waals surface area contributed by atoms with Gasteiger partial charge in [-0.1, -0.05) is 36.4 Å². The molecule has 8 heteroatoms. The van der Waals surface area contributed by atoms with E-state index in [4.69, 9.17) is 9.47 Å². The van der Waals surface area contributed by atoms with Gasteiger partial charge in [0.15, 0.2) is 5.78 Å². The minimum absolute atomic E-state index is 0.0470. The fraction of sp³-hybridized carbons (Fsp3) is 0.167. The molecule has 0 radical (unpaired) electrons. The number of carbonyl (C=O) groups is 1. The zero-order valence-electron chi connectivity index (χ0n) is 18.0. The molecule has 0 aliphatic heterocycles. The van der Waals surface area contributed by atoms with Crippen LogP contribution in [0.4, 0.5) is 0 Å². The average Bonchev–Trinajstić information content (AvgIpc) is 3.16. The first-order valence-corrected chi connectivity index (χ1v) is 9.98. The van der Waals surface area contributed by atoms with Crippen molar-refractivity contribution in [2.45, 2.75) is 13.5 Å². The van der Waals surface area contributed by atoms with Crippen LogP contribution in [0, 0.1) is 6.92 Å². The van der Waals surface area contributed by atoms with E-state index in [9.17, 15) is 9.59 Å². The van der Waals surface area contributed by atoms with Crippen LogP contribution >= 0.6 is 0 Å². The molecule has 0 unspecified atom stereocenters. The Morgan fingerprint density at radius 2 is 1.72 bits per heavy atom. The summed E-state index contributed by atoms with van der Waals surface area (Å²) in [7, 11) is 3.08. The summed E-state index contributed by atoms with van der Waals surface area (Å²) in [5.74, 6) is 1.14. The summed E-state index contributed by atoms with van der Waals surface area (Å²) in [6.45, 7) is 2.02. The molecule has 32 heavy (non-hydrogen) atoms. The fourth-order valence-electron chi connectivity index (χ4n) is 3.41. The van der Waals surface area contributed by atoms with Gasteiger partial charge in [0.1, 0.15) is 18.1 Å². The van der Waals surface area contributed by atoms with E-state index in [1.54, 1.807) is 55.6 Å². The van der Waals surface area contributed by atoms with Gasteiger partial charge in [-0.15, -0.1) is 0 Å². The van der Waals surface area contributed by atoms with Gasteiger partial charge in [-0.3, -0.25) is 4.79 Å². The molecule has 162 valence electrons. The highest BCUT2D eigenvalue weighted by Crippen LogP contribution is 2.28. The number of hydrogen-bond donors (Lipinski definition) is 0. The Hall–Kier alpha value is -4.20. The first kappa shape index (κ1) is 21.0. The van der Waals surface area contributed by atoms with E-state index in [2.05, 4.69) is 10.4 Å². The number of rotatable bonds is 7. The third-order valence-electron chi connectivity index (χ3n) is 5.12. The monoisotopic (exact) mass is 430 g/mol. The lowest BCUT2D eigenvalue weighted by Crippen LogP contribution is -2.23. The second-order valence-electron chi connectivity index (χ2n) is 7.22. The SMILES string of the molecule is COc1cccc(-n2nnn(C)c2=O)c1COc1ccc(C(=O)c2ccccc2)cc1C. The Labute approximate surface area is 184 Å². The third kappa shape index (κ3) is 4.02. The zero-order valence-corrected chi connectivity index (χ0v) is 18.0. The van der Waals surface area contributed by atoms with Crippen molar-refractivity contribution < 1.29 is 14.3 Å². The standard InChI is InChI=1S/C24H22N4O4/c1-16-14-18(23(29)17-8-5-4-6-9-17)12-13-21(16)32-15-19-20(10-7-11-22(19)31-3)28-24(30)27(2)25-26-28/h4-14H,15H2,1-3H3. The lowest BCUT2D eigenvalue weighted by Gasteiger charge is -2.15. The van der Waals surface area contributed by atoms with Crippen molar-refractivity contribution in [1.29, 1.82) is 0 Å². The first-order chi connectivity index (χ1) is 15.5. The number of methoxy groups -OCH3 is 1. The maximum absolute atomic E-state index is 12.7. The van der Waals surface area contributed by atoms with E-state index in [1.165, 1.54) is 11.7 Å². The molecule has 8 nitrogen and oxygen atoms in total.